The molecule has 7 amide bonds. The molecule has 0 radical (unpaired) electrons. The number of H-pyrrole nitrogens is 1. The summed E-state index contributed by atoms with van der Waals surface area (Å²) in [4.78, 5) is 94.8. The highest BCUT2D eigenvalue weighted by Crippen LogP contribution is 2.41. The number of benzene rings is 3. The minimum Gasteiger partial charge on any atom is -0.330 e. The first-order valence-electron chi connectivity index (χ1n) is 20.9. The van der Waals surface area contributed by atoms with Gasteiger partial charge in [0.05, 0.1) is 34.9 Å². The number of hydrogen-bond acceptors (Lipinski definition) is 9. The molecule has 4 N–H and O–H groups in total. The van der Waals surface area contributed by atoms with E-state index < -0.39 is 35.2 Å². The normalized spacial score (nSPS) is 17.0. The molecular weight excluding hydrogens is 809 g/mol. The highest BCUT2D eigenvalue weighted by molar-refractivity contribution is 7.59. The molecule has 4 aromatic rings. The number of aryl methyl sites for hydroxylation is 1. The number of nitrogens with one attached hydrogen (secondary N) is 4. The van der Waals surface area contributed by atoms with E-state index in [4.69, 9.17) is 0 Å². The molecule has 0 bridgehead atoms. The van der Waals surface area contributed by atoms with Gasteiger partial charge < -0.3 is 20.4 Å². The molecule has 0 spiro atoms. The van der Waals surface area contributed by atoms with Gasteiger partial charge >= 0.3 is 6.03 Å². The molecule has 0 saturated carbocycles. The first kappa shape index (κ1) is 45.4. The third-order valence-corrected chi connectivity index (χ3v) is 11.8. The van der Waals surface area contributed by atoms with Gasteiger partial charge in [0, 0.05) is 36.1 Å². The summed E-state index contributed by atoms with van der Waals surface area (Å²) in [6, 6.07) is 20.2. The average molecular weight is 863 g/mol. The van der Waals surface area contributed by atoms with Gasteiger partial charge in [0.1, 0.15) is 6.04 Å². The number of fused-ring (bicyclic) bond motifs is 2. The first-order valence-corrected chi connectivity index (χ1v) is 20.9. The second-order valence-corrected chi connectivity index (χ2v) is 16.8. The fourth-order valence-electron chi connectivity index (χ4n) is 8.41. The molecule has 7 rings (SSSR count). The average Bonchev–Trinajstić information content (AvgIpc) is 3.85. The zero-order valence-corrected chi connectivity index (χ0v) is 36.5. The number of likely N-dealkylation sites (N-methyl/N-ethyl adjacent to an activating group) is 1. The number of imide groups is 2. The Balaban J connectivity index is 0.00000641. The monoisotopic (exact) mass is 862 g/mol. The molecular formula is C46H54N8O7S. The van der Waals surface area contributed by atoms with Crippen molar-refractivity contribution >= 4 is 60.7 Å². The van der Waals surface area contributed by atoms with Gasteiger partial charge in [0.2, 0.25) is 11.8 Å². The predicted molar refractivity (Wildman–Crippen MR) is 237 cm³/mol. The molecule has 3 aliphatic rings. The van der Waals surface area contributed by atoms with Gasteiger partial charge in [-0.1, -0.05) is 67.8 Å². The lowest BCUT2D eigenvalue weighted by Gasteiger charge is -2.34. The zero-order chi connectivity index (χ0) is 43.4. The van der Waals surface area contributed by atoms with E-state index in [-0.39, 0.29) is 67.8 Å². The van der Waals surface area contributed by atoms with Crippen LogP contribution in [-0.2, 0) is 28.1 Å². The second kappa shape index (κ2) is 19.3. The summed E-state index contributed by atoms with van der Waals surface area (Å²) in [7, 11) is 3.93. The third-order valence-electron chi connectivity index (χ3n) is 11.8. The van der Waals surface area contributed by atoms with Crippen molar-refractivity contribution in [3.05, 3.63) is 117 Å². The van der Waals surface area contributed by atoms with E-state index >= 15 is 0 Å². The SMILES string of the molecule is CN(C)C[C@@H](NC(=O)N1Cc2c(NC(=O)c3ccc(C(=O)CCCCCCCc4ccc5c(c4)C(=O)N(C4CCC(=O)NC4=O)C5=O)cc3)n[nH]c2C1(C)C)c1ccccc1.S. The van der Waals surface area contributed by atoms with Crippen LogP contribution in [0, 0.1) is 0 Å². The minimum absolute atomic E-state index is 0. The highest BCUT2D eigenvalue weighted by Gasteiger charge is 2.46. The maximum Gasteiger partial charge on any atom is 0.319 e. The van der Waals surface area contributed by atoms with Crippen LogP contribution in [0.25, 0.3) is 0 Å². The van der Waals surface area contributed by atoms with Crippen molar-refractivity contribution < 1.29 is 33.6 Å². The molecule has 2 atom stereocenters. The quantitative estimate of drug-likeness (QED) is 0.0594. The van der Waals surface area contributed by atoms with E-state index in [0.29, 0.717) is 29.9 Å². The van der Waals surface area contributed by atoms with Crippen molar-refractivity contribution in [1.29, 1.82) is 0 Å². The van der Waals surface area contributed by atoms with Crippen LogP contribution >= 0.6 is 13.5 Å². The number of hydrogen-bond donors (Lipinski definition) is 4. The zero-order valence-electron chi connectivity index (χ0n) is 35.5. The lowest BCUT2D eigenvalue weighted by molar-refractivity contribution is -0.136. The van der Waals surface area contributed by atoms with Crippen LogP contribution in [-0.4, -0.2) is 92.9 Å². The van der Waals surface area contributed by atoms with Gasteiger partial charge in [-0.25, -0.2) is 4.79 Å². The summed E-state index contributed by atoms with van der Waals surface area (Å²) in [5.74, 6) is -2.08. The fraction of sp³-hybridized carbons (Fsp3) is 0.391. The molecule has 16 heteroatoms. The fourth-order valence-corrected chi connectivity index (χ4v) is 8.41. The topological polar surface area (TPSA) is 194 Å². The van der Waals surface area contributed by atoms with Crippen molar-refractivity contribution in [2.75, 3.05) is 26.0 Å². The number of ketones is 1. The summed E-state index contributed by atoms with van der Waals surface area (Å²) in [5.41, 5.74) is 4.17. The molecule has 3 aromatic carbocycles. The lowest BCUT2D eigenvalue weighted by Crippen LogP contribution is -2.54. The second-order valence-electron chi connectivity index (χ2n) is 16.8. The largest absolute Gasteiger partial charge is 0.330 e. The Morgan fingerprint density at radius 2 is 1.55 bits per heavy atom. The molecule has 1 unspecified atom stereocenters. The Bertz CT molecular complexity index is 2360. The molecule has 4 heterocycles. The van der Waals surface area contributed by atoms with Gasteiger partial charge in [0.25, 0.3) is 17.7 Å². The van der Waals surface area contributed by atoms with E-state index in [9.17, 15) is 33.6 Å². The number of aromatic nitrogens is 2. The summed E-state index contributed by atoms with van der Waals surface area (Å²) >= 11 is 0. The Labute approximate surface area is 367 Å². The molecule has 326 valence electrons. The molecule has 1 aromatic heterocycles. The van der Waals surface area contributed by atoms with Gasteiger partial charge in [-0.05, 0) is 89.0 Å². The van der Waals surface area contributed by atoms with Crippen LogP contribution < -0.4 is 16.0 Å². The molecule has 62 heavy (non-hydrogen) atoms. The van der Waals surface area contributed by atoms with Crippen molar-refractivity contribution in [2.45, 2.75) is 95.8 Å². The van der Waals surface area contributed by atoms with Crippen LogP contribution in [0.3, 0.4) is 0 Å². The number of urea groups is 1. The molecule has 1 fully saturated rings. The Kier molecular flexibility index (Phi) is 14.1. The maximum absolute atomic E-state index is 13.7. The van der Waals surface area contributed by atoms with E-state index in [1.54, 1.807) is 41.3 Å². The minimum atomic E-state index is -0.988. The number of carbonyl (C=O) groups is 7. The van der Waals surface area contributed by atoms with Gasteiger partial charge in [-0.2, -0.15) is 18.6 Å². The van der Waals surface area contributed by atoms with Gasteiger partial charge in [-0.3, -0.25) is 44.1 Å². The molecule has 1 saturated heterocycles. The van der Waals surface area contributed by atoms with Gasteiger partial charge in [0.15, 0.2) is 11.6 Å². The van der Waals surface area contributed by atoms with Gasteiger partial charge in [-0.15, -0.1) is 0 Å². The molecule has 0 aliphatic carbocycles. The Morgan fingerprint density at radius 1 is 0.871 bits per heavy atom. The van der Waals surface area contributed by atoms with Crippen LogP contribution in [0.2, 0.25) is 0 Å². The van der Waals surface area contributed by atoms with E-state index in [1.807, 2.05) is 69.2 Å². The first-order chi connectivity index (χ1) is 29.2. The van der Waals surface area contributed by atoms with Crippen LogP contribution in [0.1, 0.15) is 135 Å². The Morgan fingerprint density at radius 3 is 2.26 bits per heavy atom. The maximum atomic E-state index is 13.7. The summed E-state index contributed by atoms with van der Waals surface area (Å²) in [6.45, 7) is 4.76. The molecule has 15 nitrogen and oxygen atoms in total. The number of carbonyl (C=O) groups excluding carboxylic acids is 7. The number of nitrogens with zero attached hydrogens (tertiary/aromatic N) is 4. The number of piperidine rings is 1. The standard InChI is InChI=1S/C46H52N8O7.H2S/c1-46(2)39-34(26-53(46)45(61)47-35(27-52(3)4)29-14-10-8-11-15-29)40(51-50-39)49-41(57)31-20-18-30(19-21-31)37(55)16-12-7-5-6-9-13-28-17-22-32-33(25-28)44(60)54(43(32)59)36-23-24-38(56)48-42(36)58;/h8,10-11,14-15,17-22,25,35-36H,5-7,9,12-13,16,23-24,26-27H2,1-4H3,(H,47,61)(H,48,56,58)(H2,49,50,51,57);1H2/t35-,36?;/m1./s1. The number of anilines is 1. The van der Waals surface area contributed by atoms with Crippen molar-refractivity contribution in [2.24, 2.45) is 0 Å². The van der Waals surface area contributed by atoms with Crippen molar-refractivity contribution in [1.82, 2.24) is 35.5 Å². The van der Waals surface area contributed by atoms with Crippen LogP contribution in [0.5, 0.6) is 0 Å². The summed E-state index contributed by atoms with van der Waals surface area (Å²) in [5, 5.41) is 15.7. The number of Topliss-reactive ketones (excluding diaryl/α,β-unsaturated/α-hetero) is 1. The number of amides is 7. The van der Waals surface area contributed by atoms with Crippen LogP contribution in [0.4, 0.5) is 10.6 Å². The van der Waals surface area contributed by atoms with E-state index in [1.165, 1.54) is 0 Å². The van der Waals surface area contributed by atoms with Crippen LogP contribution in [0.15, 0.2) is 72.8 Å². The number of rotatable bonds is 16. The smallest absolute Gasteiger partial charge is 0.319 e. The predicted octanol–water partition coefficient (Wildman–Crippen LogP) is 6.01. The summed E-state index contributed by atoms with van der Waals surface area (Å²) in [6.07, 6.45) is 5.62. The van der Waals surface area contributed by atoms with E-state index in [0.717, 1.165) is 65.8 Å². The number of aromatic amines is 1. The summed E-state index contributed by atoms with van der Waals surface area (Å²) < 4.78 is 0. The lowest BCUT2D eigenvalue weighted by atomic mass is 9.99. The van der Waals surface area contributed by atoms with Crippen molar-refractivity contribution in [3.63, 3.8) is 0 Å². The highest BCUT2D eigenvalue weighted by atomic mass is 32.1. The van der Waals surface area contributed by atoms with Crippen molar-refractivity contribution in [3.8, 4) is 0 Å². The Hall–Kier alpha value is -6.13. The van der Waals surface area contributed by atoms with E-state index in [2.05, 4.69) is 26.1 Å². The third kappa shape index (κ3) is 9.66. The number of unbranched alkanes of at least 4 members (excludes halogenated alkanes) is 4. The molecule has 3 aliphatic heterocycles.